The third-order valence-electron chi connectivity index (χ3n) is 6.31. The Morgan fingerprint density at radius 2 is 2.03 bits per heavy atom. The summed E-state index contributed by atoms with van der Waals surface area (Å²) < 4.78 is 81.2. The Morgan fingerprint density at radius 3 is 2.74 bits per heavy atom. The van der Waals surface area contributed by atoms with E-state index >= 15 is 0 Å². The fraction of sp³-hybridized carbons (Fsp3) is 0.458. The van der Waals surface area contributed by atoms with Crippen molar-refractivity contribution in [2.75, 3.05) is 30.4 Å². The van der Waals surface area contributed by atoms with Crippen molar-refractivity contribution in [2.24, 2.45) is 11.8 Å². The van der Waals surface area contributed by atoms with Crippen LogP contribution in [0, 0.1) is 17.7 Å². The zero-order valence-electron chi connectivity index (χ0n) is 25.3. The molecule has 5 rings (SSSR count). The van der Waals surface area contributed by atoms with E-state index in [1.807, 2.05) is 12.1 Å². The van der Waals surface area contributed by atoms with Crippen LogP contribution < -0.4 is 19.7 Å². The Labute approximate surface area is 212 Å². The Bertz CT molecular complexity index is 1390. The normalized spacial score (nSPS) is 25.8. The molecule has 1 aliphatic heterocycles. The van der Waals surface area contributed by atoms with Gasteiger partial charge < -0.3 is 19.7 Å². The third-order valence-corrected chi connectivity index (χ3v) is 6.60. The van der Waals surface area contributed by atoms with Crippen LogP contribution in [0.4, 0.5) is 16.0 Å². The summed E-state index contributed by atoms with van der Waals surface area (Å²) in [5.41, 5.74) is 0.984. The lowest BCUT2D eigenvalue weighted by molar-refractivity contribution is 0.373. The van der Waals surface area contributed by atoms with Crippen molar-refractivity contribution >= 4 is 23.2 Å². The highest BCUT2D eigenvalue weighted by Gasteiger charge is 2.42. The minimum absolute atomic E-state index is 0.0452. The molecule has 34 heavy (non-hydrogen) atoms. The highest BCUT2D eigenvalue weighted by Crippen LogP contribution is 2.40. The van der Waals surface area contributed by atoms with Gasteiger partial charge in [-0.2, -0.15) is 4.98 Å². The molecule has 1 aromatic carbocycles. The molecule has 3 aromatic rings. The first-order valence-corrected chi connectivity index (χ1v) is 11.2. The smallest absolute Gasteiger partial charge is 0.322 e. The fourth-order valence-electron chi connectivity index (χ4n) is 4.74. The van der Waals surface area contributed by atoms with Gasteiger partial charge in [-0.3, -0.25) is 0 Å². The van der Waals surface area contributed by atoms with Crippen LogP contribution in [-0.4, -0.2) is 46.0 Å². The molecule has 10 heteroatoms. The minimum Gasteiger partial charge on any atom is -0.481 e. The predicted molar refractivity (Wildman–Crippen MR) is 129 cm³/mol. The monoisotopic (exact) mass is 493 g/mol. The Kier molecular flexibility index (Phi) is 4.31. The van der Waals surface area contributed by atoms with Crippen LogP contribution >= 0.6 is 11.6 Å². The number of anilines is 2. The van der Waals surface area contributed by atoms with Crippen molar-refractivity contribution in [2.45, 2.75) is 38.6 Å². The number of rotatable bonds is 7. The van der Waals surface area contributed by atoms with Gasteiger partial charge in [0.2, 0.25) is 11.8 Å². The summed E-state index contributed by atoms with van der Waals surface area (Å²) in [6, 6.07) is 3.26. The number of piperidine rings is 1. The molecular weight excluding hydrogens is 459 g/mol. The van der Waals surface area contributed by atoms with Crippen molar-refractivity contribution in [3.8, 4) is 17.6 Å². The van der Waals surface area contributed by atoms with Crippen LogP contribution in [0.5, 0.6) is 17.6 Å². The number of aromatic nitrogens is 4. The molecule has 2 aromatic heterocycles. The molecule has 0 amide bonds. The molecule has 1 saturated heterocycles. The molecule has 0 unspecified atom stereocenters. The number of halogens is 2. The summed E-state index contributed by atoms with van der Waals surface area (Å²) in [7, 11) is 1.56. The zero-order chi connectivity index (χ0) is 29.7. The number of nitrogens with one attached hydrogen (secondary N) is 1. The number of fused-ring (bicyclic) bond motifs is 2. The van der Waals surface area contributed by atoms with E-state index in [4.69, 9.17) is 30.7 Å². The summed E-state index contributed by atoms with van der Waals surface area (Å²) in [6.07, 6.45) is 3.54. The van der Waals surface area contributed by atoms with Gasteiger partial charge in [-0.1, -0.05) is 11.6 Å². The van der Waals surface area contributed by atoms with Gasteiger partial charge in [0.25, 0.3) is 0 Å². The lowest BCUT2D eigenvalue weighted by Crippen LogP contribution is -2.48. The van der Waals surface area contributed by atoms with Crippen LogP contribution in [0.25, 0.3) is 0 Å². The van der Waals surface area contributed by atoms with Crippen molar-refractivity contribution in [1.82, 2.24) is 19.7 Å². The molecule has 2 aliphatic rings. The zero-order valence-corrected chi connectivity index (χ0v) is 19.1. The average molecular weight is 494 g/mol. The lowest BCUT2D eigenvalue weighted by atomic mass is 9.92. The van der Waals surface area contributed by atoms with E-state index in [0.717, 1.165) is 30.7 Å². The van der Waals surface area contributed by atoms with Gasteiger partial charge in [-0.15, -0.1) is 5.10 Å². The highest BCUT2D eigenvalue weighted by atomic mass is 35.5. The summed E-state index contributed by atoms with van der Waals surface area (Å²) >= 11 is 5.86. The van der Waals surface area contributed by atoms with E-state index in [0.29, 0.717) is 23.7 Å². The van der Waals surface area contributed by atoms with Crippen molar-refractivity contribution < 1.29 is 23.5 Å². The molecule has 3 atom stereocenters. The van der Waals surface area contributed by atoms with E-state index in [-0.39, 0.29) is 34.6 Å². The molecule has 1 N–H and O–H groups in total. The average Bonchev–Trinajstić information content (AvgIpc) is 3.39. The van der Waals surface area contributed by atoms with Gasteiger partial charge in [-0.05, 0) is 56.6 Å². The summed E-state index contributed by atoms with van der Waals surface area (Å²) in [6.45, 7) is -5.27. The molecule has 1 aliphatic carbocycles. The standard InChI is InChI=1S/C24H28ClFN6O2/c1-14(2)32-24(34-18-6-7-20(26)19(25)11-18)29-23(30-32)28-22-15-4-5-16(22)13-31(12-15)17-8-9-27-21(10-17)33-3/h6-11,14-16,22H,4-5,12-13H2,1-3H3,(H,28,30)/t15-,16+,22+/i1D3,2D3,14D. The molecule has 3 heterocycles. The Morgan fingerprint density at radius 1 is 1.24 bits per heavy atom. The number of benzene rings is 1. The molecule has 2 bridgehead atoms. The summed E-state index contributed by atoms with van der Waals surface area (Å²) in [5.74, 6) is 0.0181. The first-order chi connectivity index (χ1) is 19.2. The Balaban J connectivity index is 1.46. The van der Waals surface area contributed by atoms with E-state index in [2.05, 4.69) is 25.3 Å². The SMILES string of the molecule is [2H]C([2H])([2H])C([2H])(n1nc(N[C@H]2[C@@H]3CC[C@H]2CN(c2ccnc(OC)c2)C3)nc1Oc1ccc(F)c(Cl)c1)C([2H])([2H])[2H]. The van der Waals surface area contributed by atoms with Crippen LogP contribution in [0.3, 0.4) is 0 Å². The fourth-order valence-corrected chi connectivity index (χ4v) is 4.91. The second kappa shape index (κ2) is 9.29. The number of hydrogen-bond donors (Lipinski definition) is 1. The maximum Gasteiger partial charge on any atom is 0.322 e. The molecule has 0 spiro atoms. The van der Waals surface area contributed by atoms with Crippen LogP contribution in [0.1, 0.15) is 42.2 Å². The van der Waals surface area contributed by atoms with E-state index in [1.165, 1.54) is 6.07 Å². The quantitative estimate of drug-likeness (QED) is 0.486. The largest absolute Gasteiger partial charge is 0.481 e. The van der Waals surface area contributed by atoms with E-state index in [9.17, 15) is 4.39 Å². The number of nitrogens with zero attached hydrogens (tertiary/aromatic N) is 5. The van der Waals surface area contributed by atoms with Crippen LogP contribution in [0.15, 0.2) is 36.5 Å². The molecule has 0 radical (unpaired) electrons. The van der Waals surface area contributed by atoms with Crippen molar-refractivity contribution in [3.63, 3.8) is 0 Å². The molecule has 8 nitrogen and oxygen atoms in total. The van der Waals surface area contributed by atoms with E-state index in [1.54, 1.807) is 13.3 Å². The minimum atomic E-state index is -3.35. The predicted octanol–water partition coefficient (Wildman–Crippen LogP) is 5.17. The van der Waals surface area contributed by atoms with Crippen molar-refractivity contribution in [1.29, 1.82) is 0 Å². The van der Waals surface area contributed by atoms with Gasteiger partial charge in [0.15, 0.2) is 0 Å². The molecular formula is C24H28ClFN6O2. The first kappa shape index (κ1) is 15.8. The van der Waals surface area contributed by atoms with E-state index < -0.39 is 31.5 Å². The first-order valence-electron chi connectivity index (χ1n) is 14.3. The highest BCUT2D eigenvalue weighted by molar-refractivity contribution is 6.30. The van der Waals surface area contributed by atoms with Gasteiger partial charge >= 0.3 is 6.01 Å². The second-order valence-electron chi connectivity index (χ2n) is 8.39. The maximum atomic E-state index is 13.7. The van der Waals surface area contributed by atoms with Crippen LogP contribution in [-0.2, 0) is 0 Å². The summed E-state index contributed by atoms with van der Waals surface area (Å²) in [5, 5.41) is 7.14. The topological polar surface area (TPSA) is 77.3 Å². The van der Waals surface area contributed by atoms with Crippen molar-refractivity contribution in [3.05, 3.63) is 47.4 Å². The van der Waals surface area contributed by atoms with Gasteiger partial charge in [0, 0.05) is 51.4 Å². The molecule has 2 fully saturated rings. The lowest BCUT2D eigenvalue weighted by Gasteiger charge is -2.39. The maximum absolute atomic E-state index is 13.7. The van der Waals surface area contributed by atoms with Gasteiger partial charge in [-0.25, -0.2) is 14.1 Å². The second-order valence-corrected chi connectivity index (χ2v) is 8.79. The number of methoxy groups -OCH3 is 1. The Hall–Kier alpha value is -3.07. The summed E-state index contributed by atoms with van der Waals surface area (Å²) in [4.78, 5) is 10.7. The third kappa shape index (κ3) is 4.49. The van der Waals surface area contributed by atoms with Crippen LogP contribution in [0.2, 0.25) is 5.02 Å². The molecule has 180 valence electrons. The molecule has 1 saturated carbocycles. The number of hydrogen-bond acceptors (Lipinski definition) is 7. The number of pyridine rings is 1. The number of ether oxygens (including phenoxy) is 2. The van der Waals surface area contributed by atoms with Gasteiger partial charge in [0.05, 0.1) is 19.5 Å². The van der Waals surface area contributed by atoms with Gasteiger partial charge in [0.1, 0.15) is 11.6 Å².